The zero-order valence-electron chi connectivity index (χ0n) is 30.1. The Labute approximate surface area is 327 Å². The second kappa shape index (κ2) is 13.3. The van der Waals surface area contributed by atoms with E-state index in [2.05, 4.69) is 140 Å². The largest absolute Gasteiger partial charge is 0.455 e. The molecule has 11 rings (SSSR count). The Kier molecular flexibility index (Phi) is 7.64. The molecular weight excluding hydrogens is 703 g/mol. The fourth-order valence-electron chi connectivity index (χ4n) is 7.71. The predicted octanol–water partition coefficient (Wildman–Crippen LogP) is 14.1. The van der Waals surface area contributed by atoms with Crippen molar-refractivity contribution in [2.75, 3.05) is 0 Å². The first-order chi connectivity index (χ1) is 27.7. The minimum atomic E-state index is 0.610. The van der Waals surface area contributed by atoms with E-state index in [0.29, 0.717) is 17.5 Å². The average molecular weight is 734 g/mol. The van der Waals surface area contributed by atoms with Gasteiger partial charge in [0, 0.05) is 53.2 Å². The molecule has 0 saturated carbocycles. The van der Waals surface area contributed by atoms with Crippen molar-refractivity contribution in [2.24, 2.45) is 0 Å². The van der Waals surface area contributed by atoms with Crippen LogP contribution in [-0.2, 0) is 0 Å². The van der Waals surface area contributed by atoms with Gasteiger partial charge in [-0.25, -0.2) is 15.0 Å². The molecule has 0 radical (unpaired) electrons. The Balaban J connectivity index is 0.993. The van der Waals surface area contributed by atoms with E-state index >= 15 is 0 Å². The molecule has 0 spiro atoms. The lowest BCUT2D eigenvalue weighted by Crippen LogP contribution is -2.00. The van der Waals surface area contributed by atoms with Crippen LogP contribution in [0, 0.1) is 0 Å². The molecule has 262 valence electrons. The summed E-state index contributed by atoms with van der Waals surface area (Å²) in [5, 5.41) is 4.63. The lowest BCUT2D eigenvalue weighted by atomic mass is 10.00. The summed E-state index contributed by atoms with van der Waals surface area (Å²) in [7, 11) is 0. The highest BCUT2D eigenvalue weighted by Crippen LogP contribution is 2.42. The van der Waals surface area contributed by atoms with E-state index in [4.69, 9.17) is 19.4 Å². The molecule has 11 aromatic rings. The van der Waals surface area contributed by atoms with Gasteiger partial charge in [-0.05, 0) is 58.1 Å². The third kappa shape index (κ3) is 5.65. The minimum absolute atomic E-state index is 0.610. The molecule has 5 heteroatoms. The summed E-state index contributed by atoms with van der Waals surface area (Å²) < 4.78 is 9.19. The summed E-state index contributed by atoms with van der Waals surface area (Å²) in [6.07, 6.45) is 0. The third-order valence-corrected chi connectivity index (χ3v) is 11.7. The van der Waals surface area contributed by atoms with E-state index < -0.39 is 0 Å². The molecule has 4 nitrogen and oxygen atoms in total. The fraction of sp³-hybridized carbons (Fsp3) is 0. The van der Waals surface area contributed by atoms with Gasteiger partial charge in [0.25, 0.3) is 0 Å². The highest BCUT2D eigenvalue weighted by Gasteiger charge is 2.17. The number of hydrogen-bond acceptors (Lipinski definition) is 5. The van der Waals surface area contributed by atoms with Crippen molar-refractivity contribution in [2.45, 2.75) is 0 Å². The van der Waals surface area contributed by atoms with Crippen LogP contribution in [0.25, 0.3) is 110 Å². The summed E-state index contributed by atoms with van der Waals surface area (Å²) >= 11 is 1.84. The second-order valence-corrected chi connectivity index (χ2v) is 15.1. The highest BCUT2D eigenvalue weighted by atomic mass is 32.1. The lowest BCUT2D eigenvalue weighted by molar-refractivity contribution is 0.670. The van der Waals surface area contributed by atoms with Gasteiger partial charge in [0.15, 0.2) is 17.5 Å². The van der Waals surface area contributed by atoms with Crippen LogP contribution in [-0.4, -0.2) is 15.0 Å². The number of nitrogens with zero attached hydrogens (tertiary/aromatic N) is 3. The van der Waals surface area contributed by atoms with Gasteiger partial charge in [0.2, 0.25) is 0 Å². The van der Waals surface area contributed by atoms with E-state index in [1.54, 1.807) is 0 Å². The Bertz CT molecular complexity index is 3230. The van der Waals surface area contributed by atoms with Crippen molar-refractivity contribution >= 4 is 53.4 Å². The van der Waals surface area contributed by atoms with Crippen LogP contribution in [0.3, 0.4) is 0 Å². The maximum atomic E-state index is 6.65. The van der Waals surface area contributed by atoms with Gasteiger partial charge in [-0.15, -0.1) is 11.3 Å². The van der Waals surface area contributed by atoms with Crippen LogP contribution >= 0.6 is 11.3 Å². The topological polar surface area (TPSA) is 51.8 Å². The van der Waals surface area contributed by atoms with Crippen LogP contribution < -0.4 is 0 Å². The van der Waals surface area contributed by atoms with Crippen LogP contribution in [0.1, 0.15) is 0 Å². The Morgan fingerprint density at radius 1 is 0.321 bits per heavy atom. The molecule has 3 aromatic heterocycles. The number of furan rings is 1. The van der Waals surface area contributed by atoms with Crippen molar-refractivity contribution < 1.29 is 4.42 Å². The van der Waals surface area contributed by atoms with Crippen molar-refractivity contribution in [1.82, 2.24) is 15.0 Å². The number of para-hydroxylation sites is 1. The summed E-state index contributed by atoms with van der Waals surface area (Å²) in [5.74, 6) is 1.87. The SMILES string of the molecule is c1ccc(-c2ccc(-c3nc(-c4ccccc4)nc(-c4ccc5oc6c(-c7ccc8c(c7)sc7cc(-c9ccccc9)ccc78)cccc6c5c4)n3)cc2)cc1. The summed E-state index contributed by atoms with van der Waals surface area (Å²) in [4.78, 5) is 15.0. The first-order valence-electron chi connectivity index (χ1n) is 18.7. The van der Waals surface area contributed by atoms with Gasteiger partial charge < -0.3 is 4.42 Å². The summed E-state index contributed by atoms with van der Waals surface area (Å²) in [6, 6.07) is 65.7. The fourth-order valence-corrected chi connectivity index (χ4v) is 8.90. The number of benzene rings is 8. The summed E-state index contributed by atoms with van der Waals surface area (Å²) in [5.41, 5.74) is 11.4. The molecule has 0 N–H and O–H groups in total. The van der Waals surface area contributed by atoms with Crippen LogP contribution in [0.4, 0.5) is 0 Å². The summed E-state index contributed by atoms with van der Waals surface area (Å²) in [6.45, 7) is 0. The highest BCUT2D eigenvalue weighted by molar-refractivity contribution is 7.25. The molecule has 0 aliphatic carbocycles. The van der Waals surface area contributed by atoms with Gasteiger partial charge in [-0.3, -0.25) is 0 Å². The maximum Gasteiger partial charge on any atom is 0.164 e. The molecule has 3 heterocycles. The number of aromatic nitrogens is 3. The molecule has 0 aliphatic rings. The minimum Gasteiger partial charge on any atom is -0.455 e. The second-order valence-electron chi connectivity index (χ2n) is 14.0. The van der Waals surface area contributed by atoms with E-state index in [0.717, 1.165) is 55.3 Å². The van der Waals surface area contributed by atoms with E-state index in [1.807, 2.05) is 59.9 Å². The normalized spacial score (nSPS) is 11.6. The molecule has 0 bridgehead atoms. The van der Waals surface area contributed by atoms with E-state index in [-0.39, 0.29) is 0 Å². The van der Waals surface area contributed by atoms with Gasteiger partial charge >= 0.3 is 0 Å². The first-order valence-corrected chi connectivity index (χ1v) is 19.5. The molecule has 0 amide bonds. The molecule has 56 heavy (non-hydrogen) atoms. The standard InChI is InChI=1S/C51H31N3OS/c1-4-11-32(12-5-1)34-19-21-36(22-20-34)50-52-49(35-15-8-3-9-16-35)53-51(54-50)39-25-28-45-44(29-39)43-18-10-17-40(48(43)55-45)38-24-27-42-41-26-23-37(33-13-6-2-7-14-33)30-46(41)56-47(42)31-38/h1-31H. The monoisotopic (exact) mass is 733 g/mol. The van der Waals surface area contributed by atoms with Gasteiger partial charge in [0.05, 0.1) is 0 Å². The van der Waals surface area contributed by atoms with E-state index in [9.17, 15) is 0 Å². The Morgan fingerprint density at radius 2 is 0.804 bits per heavy atom. The van der Waals surface area contributed by atoms with Crippen LogP contribution in [0.15, 0.2) is 192 Å². The number of hydrogen-bond donors (Lipinski definition) is 0. The smallest absolute Gasteiger partial charge is 0.164 e. The van der Waals surface area contributed by atoms with Gasteiger partial charge in [-0.2, -0.15) is 0 Å². The molecular formula is C51H31N3OS. The Morgan fingerprint density at radius 3 is 1.46 bits per heavy atom. The van der Waals surface area contributed by atoms with Crippen LogP contribution in [0.2, 0.25) is 0 Å². The zero-order valence-corrected chi connectivity index (χ0v) is 30.9. The number of fused-ring (bicyclic) bond motifs is 6. The van der Waals surface area contributed by atoms with Crippen molar-refractivity contribution in [3.05, 3.63) is 188 Å². The number of rotatable bonds is 6. The number of thiophene rings is 1. The van der Waals surface area contributed by atoms with Crippen molar-refractivity contribution in [3.63, 3.8) is 0 Å². The molecule has 0 aliphatic heterocycles. The lowest BCUT2D eigenvalue weighted by Gasteiger charge is -2.09. The third-order valence-electron chi connectivity index (χ3n) is 10.6. The molecule has 0 fully saturated rings. The molecule has 0 unspecified atom stereocenters. The Hall–Kier alpha value is -7.21. The van der Waals surface area contributed by atoms with Crippen LogP contribution in [0.5, 0.6) is 0 Å². The quantitative estimate of drug-likeness (QED) is 0.171. The van der Waals surface area contributed by atoms with Crippen molar-refractivity contribution in [3.8, 4) is 67.5 Å². The zero-order chi connectivity index (χ0) is 37.0. The van der Waals surface area contributed by atoms with Gasteiger partial charge in [-0.1, -0.05) is 158 Å². The molecule has 0 atom stereocenters. The van der Waals surface area contributed by atoms with E-state index in [1.165, 1.54) is 36.9 Å². The van der Waals surface area contributed by atoms with Gasteiger partial charge in [0.1, 0.15) is 11.2 Å². The maximum absolute atomic E-state index is 6.65. The average Bonchev–Trinajstić information content (AvgIpc) is 3.84. The molecule has 8 aromatic carbocycles. The predicted molar refractivity (Wildman–Crippen MR) is 233 cm³/mol. The van der Waals surface area contributed by atoms with Crippen molar-refractivity contribution in [1.29, 1.82) is 0 Å². The molecule has 0 saturated heterocycles. The first kappa shape index (κ1) is 32.2.